The third-order valence-electron chi connectivity index (χ3n) is 5.67. The first-order valence-corrected chi connectivity index (χ1v) is 9.24. The zero-order valence-electron chi connectivity index (χ0n) is 15.7. The van der Waals surface area contributed by atoms with Gasteiger partial charge in [0.1, 0.15) is 5.71 Å². The van der Waals surface area contributed by atoms with Crippen molar-refractivity contribution in [2.24, 2.45) is 12.1 Å². The maximum atomic E-state index is 4.89. The highest BCUT2D eigenvalue weighted by molar-refractivity contribution is 6.30. The van der Waals surface area contributed by atoms with E-state index in [0.717, 1.165) is 11.4 Å². The standard InChI is InChI=1S/C24H21N3/c1-15-9-8-13-20(16(15)2)25-26-23-17-10-4-5-11-18(17)24-22(23)19-12-6-7-14-21(19)27(24)3/h4-14,25H,1-3H3/b26-23+. The number of nitrogens with zero attached hydrogens (tertiary/aromatic N) is 2. The largest absolute Gasteiger partial charge is 0.343 e. The Morgan fingerprint density at radius 3 is 2.41 bits per heavy atom. The van der Waals surface area contributed by atoms with Crippen molar-refractivity contribution in [1.82, 2.24) is 4.57 Å². The van der Waals surface area contributed by atoms with Gasteiger partial charge in [-0.2, -0.15) is 5.10 Å². The lowest BCUT2D eigenvalue weighted by molar-refractivity contribution is 0.979. The second-order valence-corrected chi connectivity index (χ2v) is 7.17. The highest BCUT2D eigenvalue weighted by atomic mass is 15.3. The van der Waals surface area contributed by atoms with Gasteiger partial charge in [0.05, 0.1) is 11.4 Å². The fourth-order valence-electron chi connectivity index (χ4n) is 4.08. The quantitative estimate of drug-likeness (QED) is 0.410. The molecule has 1 N–H and O–H groups in total. The molecule has 27 heavy (non-hydrogen) atoms. The van der Waals surface area contributed by atoms with Crippen LogP contribution in [0.2, 0.25) is 0 Å². The number of aromatic nitrogens is 1. The van der Waals surface area contributed by atoms with Gasteiger partial charge in [0.25, 0.3) is 0 Å². The Morgan fingerprint density at radius 1 is 0.815 bits per heavy atom. The fourth-order valence-corrected chi connectivity index (χ4v) is 4.08. The van der Waals surface area contributed by atoms with Crippen LogP contribution >= 0.6 is 0 Å². The van der Waals surface area contributed by atoms with Gasteiger partial charge in [0.15, 0.2) is 0 Å². The van der Waals surface area contributed by atoms with E-state index in [4.69, 9.17) is 5.10 Å². The lowest BCUT2D eigenvalue weighted by Gasteiger charge is -2.09. The van der Waals surface area contributed by atoms with Crippen molar-refractivity contribution in [2.45, 2.75) is 13.8 Å². The third kappa shape index (κ3) is 2.25. The molecule has 1 heterocycles. The van der Waals surface area contributed by atoms with Gasteiger partial charge in [-0.25, -0.2) is 0 Å². The number of hydrogen-bond donors (Lipinski definition) is 1. The summed E-state index contributed by atoms with van der Waals surface area (Å²) in [6, 6.07) is 23.4. The Hall–Kier alpha value is -3.33. The summed E-state index contributed by atoms with van der Waals surface area (Å²) in [6.07, 6.45) is 0. The molecular weight excluding hydrogens is 330 g/mol. The van der Waals surface area contributed by atoms with Crippen molar-refractivity contribution in [3.05, 3.63) is 89.0 Å². The van der Waals surface area contributed by atoms with Crippen LogP contribution in [0.3, 0.4) is 0 Å². The van der Waals surface area contributed by atoms with E-state index in [0.29, 0.717) is 0 Å². The summed E-state index contributed by atoms with van der Waals surface area (Å²) in [5, 5.41) is 6.14. The lowest BCUT2D eigenvalue weighted by atomic mass is 10.1. The van der Waals surface area contributed by atoms with Crippen LogP contribution in [-0.4, -0.2) is 10.3 Å². The predicted octanol–water partition coefficient (Wildman–Crippen LogP) is 5.64. The smallest absolute Gasteiger partial charge is 0.101 e. The number of nitrogens with one attached hydrogen (secondary N) is 1. The molecule has 0 radical (unpaired) electrons. The molecule has 0 aliphatic heterocycles. The highest BCUT2D eigenvalue weighted by Gasteiger charge is 2.30. The number of para-hydroxylation sites is 1. The maximum Gasteiger partial charge on any atom is 0.101 e. The molecule has 0 bridgehead atoms. The van der Waals surface area contributed by atoms with Gasteiger partial charge in [-0.3, -0.25) is 5.43 Å². The van der Waals surface area contributed by atoms with E-state index < -0.39 is 0 Å². The van der Waals surface area contributed by atoms with Crippen LogP contribution in [0.4, 0.5) is 5.69 Å². The van der Waals surface area contributed by atoms with E-state index in [1.165, 1.54) is 44.4 Å². The Kier molecular flexibility index (Phi) is 3.44. The van der Waals surface area contributed by atoms with Crippen LogP contribution in [-0.2, 0) is 7.05 Å². The van der Waals surface area contributed by atoms with Gasteiger partial charge in [0.2, 0.25) is 0 Å². The topological polar surface area (TPSA) is 29.3 Å². The molecule has 0 unspecified atom stereocenters. The van der Waals surface area contributed by atoms with Crippen molar-refractivity contribution in [3.63, 3.8) is 0 Å². The lowest BCUT2D eigenvalue weighted by Crippen LogP contribution is -2.03. The summed E-state index contributed by atoms with van der Waals surface area (Å²) in [5.41, 5.74) is 14.0. The Morgan fingerprint density at radius 2 is 1.56 bits per heavy atom. The van der Waals surface area contributed by atoms with Crippen LogP contribution in [0.25, 0.3) is 22.2 Å². The van der Waals surface area contributed by atoms with Gasteiger partial charge in [-0.05, 0) is 37.1 Å². The molecule has 1 aliphatic carbocycles. The molecule has 1 aromatic heterocycles. The van der Waals surface area contributed by atoms with Gasteiger partial charge in [-0.15, -0.1) is 0 Å². The van der Waals surface area contributed by atoms with Gasteiger partial charge in [0, 0.05) is 34.6 Å². The Balaban J connectivity index is 1.74. The molecule has 5 rings (SSSR count). The third-order valence-corrected chi connectivity index (χ3v) is 5.67. The minimum absolute atomic E-state index is 1.01. The summed E-state index contributed by atoms with van der Waals surface area (Å²) >= 11 is 0. The van der Waals surface area contributed by atoms with E-state index >= 15 is 0 Å². The van der Waals surface area contributed by atoms with Crippen LogP contribution < -0.4 is 5.43 Å². The van der Waals surface area contributed by atoms with Gasteiger partial charge in [-0.1, -0.05) is 54.6 Å². The summed E-state index contributed by atoms with van der Waals surface area (Å²) in [5.74, 6) is 0. The number of rotatable bonds is 2. The second kappa shape index (κ2) is 5.85. The first-order chi connectivity index (χ1) is 13.2. The Labute approximate surface area is 159 Å². The average molecular weight is 351 g/mol. The number of anilines is 1. The molecule has 1 aliphatic rings. The molecule has 0 saturated heterocycles. The zero-order chi connectivity index (χ0) is 18.5. The molecule has 4 aromatic rings. The predicted molar refractivity (Wildman–Crippen MR) is 114 cm³/mol. The molecule has 3 aromatic carbocycles. The van der Waals surface area contributed by atoms with E-state index in [2.05, 4.69) is 97.6 Å². The summed E-state index contributed by atoms with van der Waals surface area (Å²) < 4.78 is 2.28. The van der Waals surface area contributed by atoms with Gasteiger partial charge >= 0.3 is 0 Å². The Bertz CT molecular complexity index is 1230. The van der Waals surface area contributed by atoms with Crippen molar-refractivity contribution < 1.29 is 0 Å². The van der Waals surface area contributed by atoms with Crippen molar-refractivity contribution in [3.8, 4) is 11.3 Å². The maximum absolute atomic E-state index is 4.89. The van der Waals surface area contributed by atoms with E-state index in [1.54, 1.807) is 0 Å². The molecular formula is C24H21N3. The SMILES string of the molecule is Cc1cccc(N/N=C2\c3ccccc3-c3c2c2ccccc2n3C)c1C. The summed E-state index contributed by atoms with van der Waals surface area (Å²) in [6.45, 7) is 4.26. The molecule has 3 heteroatoms. The molecule has 3 nitrogen and oxygen atoms in total. The van der Waals surface area contributed by atoms with E-state index in [-0.39, 0.29) is 0 Å². The normalized spacial score (nSPS) is 13.8. The number of hydrazone groups is 1. The molecule has 0 saturated carbocycles. The molecule has 0 amide bonds. The summed E-state index contributed by atoms with van der Waals surface area (Å²) in [4.78, 5) is 0. The van der Waals surface area contributed by atoms with Crippen LogP contribution in [0.5, 0.6) is 0 Å². The number of fused-ring (bicyclic) bond motifs is 5. The minimum atomic E-state index is 1.01. The fraction of sp³-hybridized carbons (Fsp3) is 0.125. The van der Waals surface area contributed by atoms with Crippen molar-refractivity contribution >= 4 is 22.3 Å². The van der Waals surface area contributed by atoms with Crippen molar-refractivity contribution in [1.29, 1.82) is 0 Å². The van der Waals surface area contributed by atoms with Crippen LogP contribution in [0.15, 0.2) is 71.8 Å². The van der Waals surface area contributed by atoms with E-state index in [9.17, 15) is 0 Å². The van der Waals surface area contributed by atoms with Gasteiger partial charge < -0.3 is 4.57 Å². The van der Waals surface area contributed by atoms with Crippen LogP contribution in [0, 0.1) is 13.8 Å². The average Bonchev–Trinajstić information content (AvgIpc) is 3.17. The minimum Gasteiger partial charge on any atom is -0.343 e. The summed E-state index contributed by atoms with van der Waals surface area (Å²) in [7, 11) is 2.14. The molecule has 0 spiro atoms. The first-order valence-electron chi connectivity index (χ1n) is 9.24. The highest BCUT2D eigenvalue weighted by Crippen LogP contribution is 2.42. The second-order valence-electron chi connectivity index (χ2n) is 7.17. The molecule has 0 atom stereocenters. The molecule has 132 valence electrons. The zero-order valence-corrected chi connectivity index (χ0v) is 15.7. The molecule has 0 fully saturated rings. The number of benzene rings is 3. The van der Waals surface area contributed by atoms with Crippen LogP contribution in [0.1, 0.15) is 22.3 Å². The van der Waals surface area contributed by atoms with Crippen molar-refractivity contribution in [2.75, 3.05) is 5.43 Å². The van der Waals surface area contributed by atoms with E-state index in [1.807, 2.05) is 0 Å². The number of hydrogen-bond acceptors (Lipinski definition) is 2. The monoisotopic (exact) mass is 351 g/mol. The first kappa shape index (κ1) is 15.9. The number of aryl methyl sites for hydroxylation is 2.